The Morgan fingerprint density at radius 1 is 1.48 bits per heavy atom. The van der Waals surface area contributed by atoms with Crippen molar-refractivity contribution in [3.8, 4) is 0 Å². The first-order valence-electron chi connectivity index (χ1n) is 7.18. The molecule has 0 aromatic carbocycles. The Kier molecular flexibility index (Phi) is 5.78. The van der Waals surface area contributed by atoms with E-state index in [1.54, 1.807) is 12.4 Å². The van der Waals surface area contributed by atoms with Crippen LogP contribution in [-0.2, 0) is 6.54 Å². The third-order valence-electron chi connectivity index (χ3n) is 3.94. The fourth-order valence-corrected chi connectivity index (χ4v) is 2.91. The van der Waals surface area contributed by atoms with Gasteiger partial charge >= 0.3 is 0 Å². The molecule has 1 aliphatic rings. The molecule has 0 saturated carbocycles. The number of nitrogens with zero attached hydrogens (tertiary/aromatic N) is 4. The van der Waals surface area contributed by atoms with Gasteiger partial charge in [0.2, 0.25) is 0 Å². The van der Waals surface area contributed by atoms with E-state index in [4.69, 9.17) is 22.5 Å². The lowest BCUT2D eigenvalue weighted by Crippen LogP contribution is -2.53. The minimum Gasteiger partial charge on any atom is -0.409 e. The van der Waals surface area contributed by atoms with E-state index in [0.29, 0.717) is 10.9 Å². The van der Waals surface area contributed by atoms with E-state index in [0.717, 1.165) is 44.7 Å². The highest BCUT2D eigenvalue weighted by atomic mass is 35.5. The van der Waals surface area contributed by atoms with E-state index in [2.05, 4.69) is 19.9 Å². The zero-order chi connectivity index (χ0) is 15.2. The second-order valence-corrected chi connectivity index (χ2v) is 5.64. The van der Waals surface area contributed by atoms with Crippen LogP contribution in [0.15, 0.2) is 23.6 Å². The molecule has 1 fully saturated rings. The van der Waals surface area contributed by atoms with Crippen molar-refractivity contribution in [3.05, 3.63) is 29.0 Å². The van der Waals surface area contributed by atoms with E-state index in [-0.39, 0.29) is 6.04 Å². The molecule has 2 rings (SSSR count). The summed E-state index contributed by atoms with van der Waals surface area (Å²) in [7, 11) is 0. The fraction of sp³-hybridized carbons (Fsp3) is 0.571. The van der Waals surface area contributed by atoms with Gasteiger partial charge in [-0.1, -0.05) is 23.7 Å². The van der Waals surface area contributed by atoms with Crippen molar-refractivity contribution in [2.75, 3.05) is 26.2 Å². The predicted octanol–water partition coefficient (Wildman–Crippen LogP) is 1.38. The van der Waals surface area contributed by atoms with Gasteiger partial charge < -0.3 is 10.9 Å². The lowest BCUT2D eigenvalue weighted by Gasteiger charge is -2.38. The van der Waals surface area contributed by atoms with Crippen LogP contribution in [0.1, 0.15) is 18.9 Å². The van der Waals surface area contributed by atoms with Gasteiger partial charge in [-0.15, -0.1) is 0 Å². The number of hydrogen-bond acceptors (Lipinski definition) is 5. The molecule has 7 heteroatoms. The smallest absolute Gasteiger partial charge is 0.156 e. The van der Waals surface area contributed by atoms with E-state index in [1.165, 1.54) is 0 Å². The molecule has 1 aromatic rings. The van der Waals surface area contributed by atoms with Crippen molar-refractivity contribution in [2.24, 2.45) is 10.9 Å². The molecule has 116 valence electrons. The Bertz CT molecular complexity index is 488. The molecule has 1 aromatic heterocycles. The van der Waals surface area contributed by atoms with Gasteiger partial charge in [0.25, 0.3) is 0 Å². The average Bonchev–Trinajstić information content (AvgIpc) is 2.51. The summed E-state index contributed by atoms with van der Waals surface area (Å²) in [6, 6.07) is 1.97. The molecular formula is C14H22ClN5O. The minimum atomic E-state index is 0.0154. The number of piperazine rings is 1. The molecule has 21 heavy (non-hydrogen) atoms. The maximum atomic E-state index is 8.85. The Hall–Kier alpha value is -1.37. The van der Waals surface area contributed by atoms with Crippen LogP contribution in [0.2, 0.25) is 5.02 Å². The summed E-state index contributed by atoms with van der Waals surface area (Å²) in [5.74, 6) is 0.295. The van der Waals surface area contributed by atoms with Crippen LogP contribution in [0.25, 0.3) is 0 Å². The maximum Gasteiger partial charge on any atom is 0.156 e. The monoisotopic (exact) mass is 311 g/mol. The van der Waals surface area contributed by atoms with Crippen molar-refractivity contribution < 1.29 is 5.21 Å². The zero-order valence-electron chi connectivity index (χ0n) is 12.2. The van der Waals surface area contributed by atoms with Crippen LogP contribution in [0, 0.1) is 0 Å². The van der Waals surface area contributed by atoms with Crippen molar-refractivity contribution in [3.63, 3.8) is 0 Å². The van der Waals surface area contributed by atoms with Gasteiger partial charge in [-0.05, 0) is 18.1 Å². The lowest BCUT2D eigenvalue weighted by atomic mass is 10.1. The first kappa shape index (κ1) is 16.0. The normalized spacial score (nSPS) is 19.6. The van der Waals surface area contributed by atoms with Gasteiger partial charge in [0.05, 0.1) is 11.1 Å². The Morgan fingerprint density at radius 2 is 2.19 bits per heavy atom. The Balaban J connectivity index is 1.90. The van der Waals surface area contributed by atoms with Crippen molar-refractivity contribution in [1.82, 2.24) is 14.8 Å². The van der Waals surface area contributed by atoms with Crippen LogP contribution in [0.4, 0.5) is 0 Å². The highest BCUT2D eigenvalue weighted by Gasteiger charge is 2.25. The molecule has 1 atom stereocenters. The summed E-state index contributed by atoms with van der Waals surface area (Å²) < 4.78 is 0. The molecule has 0 aliphatic carbocycles. The SMILES string of the molecule is CCC(C(N)=NO)N1CCN(Cc2ccncc2Cl)CC1. The van der Waals surface area contributed by atoms with Gasteiger partial charge in [-0.2, -0.15) is 0 Å². The van der Waals surface area contributed by atoms with Crippen molar-refractivity contribution >= 4 is 17.4 Å². The highest BCUT2D eigenvalue weighted by Crippen LogP contribution is 2.17. The number of amidine groups is 1. The van der Waals surface area contributed by atoms with Crippen LogP contribution < -0.4 is 5.73 Å². The number of oxime groups is 1. The molecule has 3 N–H and O–H groups in total. The number of aromatic nitrogens is 1. The summed E-state index contributed by atoms with van der Waals surface area (Å²) in [5, 5.41) is 12.7. The molecule has 0 spiro atoms. The molecular weight excluding hydrogens is 290 g/mol. The van der Waals surface area contributed by atoms with E-state index in [1.807, 2.05) is 13.0 Å². The molecule has 2 heterocycles. The minimum absolute atomic E-state index is 0.0154. The second-order valence-electron chi connectivity index (χ2n) is 5.23. The third kappa shape index (κ3) is 4.06. The van der Waals surface area contributed by atoms with E-state index >= 15 is 0 Å². The fourth-order valence-electron chi connectivity index (χ4n) is 2.73. The largest absolute Gasteiger partial charge is 0.409 e. The third-order valence-corrected chi connectivity index (χ3v) is 4.28. The number of pyridine rings is 1. The summed E-state index contributed by atoms with van der Waals surface area (Å²) in [5.41, 5.74) is 6.86. The number of halogens is 1. The Morgan fingerprint density at radius 3 is 2.76 bits per heavy atom. The van der Waals surface area contributed by atoms with E-state index in [9.17, 15) is 0 Å². The topological polar surface area (TPSA) is 78.0 Å². The first-order chi connectivity index (χ1) is 10.2. The maximum absolute atomic E-state index is 8.85. The van der Waals surface area contributed by atoms with Gasteiger partial charge in [-0.3, -0.25) is 14.8 Å². The second kappa shape index (κ2) is 7.59. The van der Waals surface area contributed by atoms with Gasteiger partial charge in [0.15, 0.2) is 5.84 Å². The van der Waals surface area contributed by atoms with Crippen molar-refractivity contribution in [1.29, 1.82) is 0 Å². The number of nitrogens with two attached hydrogens (primary N) is 1. The molecule has 0 radical (unpaired) electrons. The van der Waals surface area contributed by atoms with Crippen LogP contribution >= 0.6 is 11.6 Å². The van der Waals surface area contributed by atoms with Gasteiger partial charge in [-0.25, -0.2) is 0 Å². The molecule has 1 aliphatic heterocycles. The van der Waals surface area contributed by atoms with Gasteiger partial charge in [0, 0.05) is 45.1 Å². The lowest BCUT2D eigenvalue weighted by molar-refractivity contribution is 0.110. The van der Waals surface area contributed by atoms with Crippen LogP contribution in [0.3, 0.4) is 0 Å². The first-order valence-corrected chi connectivity index (χ1v) is 7.55. The standard InChI is InChI=1S/C14H22ClN5O/c1-2-13(14(16)18-21)20-7-5-19(6-8-20)10-11-3-4-17-9-12(11)15/h3-4,9,13,21H,2,5-8,10H2,1H3,(H2,16,18). The molecule has 6 nitrogen and oxygen atoms in total. The molecule has 0 amide bonds. The molecule has 1 unspecified atom stereocenters. The molecule has 1 saturated heterocycles. The molecule has 0 bridgehead atoms. The number of hydrogen-bond donors (Lipinski definition) is 2. The van der Waals surface area contributed by atoms with Crippen molar-refractivity contribution in [2.45, 2.75) is 25.9 Å². The average molecular weight is 312 g/mol. The van der Waals surface area contributed by atoms with Crippen LogP contribution in [0.5, 0.6) is 0 Å². The summed E-state index contributed by atoms with van der Waals surface area (Å²) in [6.07, 6.45) is 4.29. The van der Waals surface area contributed by atoms with Crippen LogP contribution in [-0.4, -0.2) is 58.0 Å². The highest BCUT2D eigenvalue weighted by molar-refractivity contribution is 6.31. The van der Waals surface area contributed by atoms with E-state index < -0.39 is 0 Å². The summed E-state index contributed by atoms with van der Waals surface area (Å²) >= 11 is 6.15. The zero-order valence-corrected chi connectivity index (χ0v) is 13.0. The summed E-state index contributed by atoms with van der Waals surface area (Å²) in [4.78, 5) is 8.63. The number of rotatable bonds is 5. The quantitative estimate of drug-likeness (QED) is 0.372. The summed E-state index contributed by atoms with van der Waals surface area (Å²) in [6.45, 7) is 6.55. The van der Waals surface area contributed by atoms with Gasteiger partial charge in [0.1, 0.15) is 0 Å². The Labute approximate surface area is 130 Å². The predicted molar refractivity (Wildman–Crippen MR) is 83.6 cm³/mol.